The Kier molecular flexibility index (Phi) is 28.7. The quantitative estimate of drug-likeness (QED) is 0.135. The number of allylic oxidation sites excluding steroid dienone is 4. The van der Waals surface area contributed by atoms with E-state index in [0.29, 0.717) is 0 Å². The minimum absolute atomic E-state index is 0.740. The topological polar surface area (TPSA) is 0 Å². The van der Waals surface area contributed by atoms with Crippen LogP contribution in [-0.2, 0) is 0 Å². The Morgan fingerprint density at radius 1 is 0.143 bits per heavy atom. The Hall–Kier alpha value is -0.520. The van der Waals surface area contributed by atoms with Crippen molar-refractivity contribution in [2.45, 2.75) is 501 Å². The number of rotatable bonds is 16. The molecule has 21 fully saturated rings. The summed E-state index contributed by atoms with van der Waals surface area (Å²) in [6.07, 6.45) is 130. The number of fused-ring (bicyclic) bond motifs is 5. The molecule has 0 aromatic carbocycles. The predicted molar refractivity (Wildman–Crippen MR) is 504 cm³/mol. The summed E-state index contributed by atoms with van der Waals surface area (Å²) in [7, 11) is 0. The van der Waals surface area contributed by atoms with Crippen molar-refractivity contribution in [1.82, 2.24) is 0 Å². The maximum Gasteiger partial charge on any atom is -0.0179 e. The van der Waals surface area contributed by atoms with E-state index in [9.17, 15) is 0 Å². The molecule has 12 unspecified atom stereocenters. The second kappa shape index (κ2) is 40.1. The maximum atomic E-state index is 2.79. The standard InChI is InChI=1S/C119H194/c1-3-11-81(12-4-1)75-83-19-23-85(24-20-83)87-27-31-89(32-28-87)93-43-51-101(52-44-93)105-59-63-111-79-107(61-65-109(111)77-105)103-55-47-95(48-56-103)91-35-39-97(40-36-91)99-67-71-113(72-68-99)119(117-17-9-7-15-115(117)116-16-8-10-18-118(116)119)114-73-69-100(70-74-114)98-41-37-92(38-42-98)96-49-57-104(58-50-96)108-62-66-110-78-106(60-64-112(110)80-108)102-53-45-94(46-54-102)90-33-29-88(30-34-90)86-25-21-84(22-26-86)76-82-13-5-2-6-14-82/h75-76,83-118H,1-74,77-80H2. The number of hydrogen-bond donors (Lipinski definition) is 0. The molecule has 0 saturated heterocycles. The van der Waals surface area contributed by atoms with E-state index in [0.717, 1.165) is 218 Å². The van der Waals surface area contributed by atoms with E-state index >= 15 is 0 Å². The van der Waals surface area contributed by atoms with Gasteiger partial charge < -0.3 is 0 Å². The van der Waals surface area contributed by atoms with E-state index in [-0.39, 0.29) is 0 Å². The van der Waals surface area contributed by atoms with Gasteiger partial charge in [0.1, 0.15) is 0 Å². The van der Waals surface area contributed by atoms with E-state index < -0.39 is 0 Å². The largest absolute Gasteiger partial charge is 0.0822 e. The van der Waals surface area contributed by atoms with Crippen LogP contribution in [0.25, 0.3) is 0 Å². The van der Waals surface area contributed by atoms with Crippen molar-refractivity contribution in [3.63, 3.8) is 0 Å². The van der Waals surface area contributed by atoms with Gasteiger partial charge >= 0.3 is 0 Å². The van der Waals surface area contributed by atoms with Crippen LogP contribution < -0.4 is 0 Å². The zero-order valence-electron chi connectivity index (χ0n) is 78.6. The second-order valence-electron chi connectivity index (χ2n) is 52.2. The molecule has 21 aliphatic carbocycles. The molecule has 0 amide bonds. The third-order valence-electron chi connectivity index (χ3n) is 47.9. The van der Waals surface area contributed by atoms with Crippen LogP contribution in [0.15, 0.2) is 23.3 Å². The van der Waals surface area contributed by atoms with Gasteiger partial charge in [0.25, 0.3) is 0 Å². The predicted octanol–water partition coefficient (Wildman–Crippen LogP) is 35.7. The molecule has 0 aromatic heterocycles. The van der Waals surface area contributed by atoms with Crippen LogP contribution in [0.4, 0.5) is 0 Å². The van der Waals surface area contributed by atoms with Crippen LogP contribution in [0.3, 0.4) is 0 Å². The lowest BCUT2D eigenvalue weighted by molar-refractivity contribution is -0.0880. The van der Waals surface area contributed by atoms with Crippen LogP contribution in [0.2, 0.25) is 0 Å². The summed E-state index contributed by atoms with van der Waals surface area (Å²) in [5, 5.41) is 0. The molecule has 21 aliphatic rings. The fourth-order valence-corrected chi connectivity index (χ4v) is 41.5. The molecule has 0 aromatic rings. The van der Waals surface area contributed by atoms with E-state index in [2.05, 4.69) is 12.2 Å². The van der Waals surface area contributed by atoms with E-state index in [1.165, 1.54) is 89.9 Å². The summed E-state index contributed by atoms with van der Waals surface area (Å²) >= 11 is 0. The van der Waals surface area contributed by atoms with Gasteiger partial charge in [0.2, 0.25) is 0 Å². The van der Waals surface area contributed by atoms with E-state index in [1.807, 2.05) is 11.1 Å². The molecule has 12 atom stereocenters. The van der Waals surface area contributed by atoms with Gasteiger partial charge in [0.05, 0.1) is 0 Å². The lowest BCUT2D eigenvalue weighted by atomic mass is 9.47. The van der Waals surface area contributed by atoms with Gasteiger partial charge in [0, 0.05) is 0 Å². The Bertz CT molecular complexity index is 2870. The fraction of sp³-hybridized carbons (Fsp3) is 0.966. The summed E-state index contributed by atoms with van der Waals surface area (Å²) in [5.74, 6) is 39.2. The fourth-order valence-electron chi connectivity index (χ4n) is 41.5. The summed E-state index contributed by atoms with van der Waals surface area (Å²) in [6, 6.07) is 0. The first-order valence-electron chi connectivity index (χ1n) is 58.2. The summed E-state index contributed by atoms with van der Waals surface area (Å²) in [5.41, 5.74) is 4.43. The molecule has 119 heavy (non-hydrogen) atoms. The molecule has 21 saturated carbocycles. The zero-order valence-corrected chi connectivity index (χ0v) is 78.6. The monoisotopic (exact) mass is 1620 g/mol. The molecule has 0 spiro atoms. The maximum absolute atomic E-state index is 2.79. The minimum Gasteiger partial charge on any atom is -0.0822 e. The Morgan fingerprint density at radius 3 is 0.513 bits per heavy atom. The summed E-state index contributed by atoms with van der Waals surface area (Å²) in [6.45, 7) is 0. The van der Waals surface area contributed by atoms with Crippen LogP contribution in [-0.4, -0.2) is 0 Å². The van der Waals surface area contributed by atoms with Crippen molar-refractivity contribution in [1.29, 1.82) is 0 Å². The normalized spacial score (nSPS) is 50.8. The Labute approximate surface area is 737 Å². The molecule has 0 heteroatoms. The van der Waals surface area contributed by atoms with Gasteiger partial charge in [-0.15, -0.1) is 0 Å². The molecule has 670 valence electrons. The molecule has 0 heterocycles. The lowest BCUT2D eigenvalue weighted by Crippen LogP contribution is -2.50. The van der Waals surface area contributed by atoms with Crippen molar-refractivity contribution in [2.75, 3.05) is 0 Å². The van der Waals surface area contributed by atoms with Crippen LogP contribution in [0.5, 0.6) is 0 Å². The third-order valence-corrected chi connectivity index (χ3v) is 47.9. The van der Waals surface area contributed by atoms with Gasteiger partial charge in [-0.2, -0.15) is 0 Å². The van der Waals surface area contributed by atoms with Crippen molar-refractivity contribution < 1.29 is 0 Å². The van der Waals surface area contributed by atoms with Crippen molar-refractivity contribution in [3.05, 3.63) is 23.3 Å². The van der Waals surface area contributed by atoms with Gasteiger partial charge in [0.15, 0.2) is 0 Å². The first kappa shape index (κ1) is 85.3. The summed E-state index contributed by atoms with van der Waals surface area (Å²) in [4.78, 5) is 0. The zero-order chi connectivity index (χ0) is 79.0. The van der Waals surface area contributed by atoms with Crippen LogP contribution in [0.1, 0.15) is 501 Å². The van der Waals surface area contributed by atoms with Crippen molar-refractivity contribution in [2.24, 2.45) is 218 Å². The van der Waals surface area contributed by atoms with Gasteiger partial charge in [-0.3, -0.25) is 0 Å². The molecule has 0 bridgehead atoms. The highest BCUT2D eigenvalue weighted by molar-refractivity contribution is 5.15. The van der Waals surface area contributed by atoms with Crippen LogP contribution >= 0.6 is 0 Å². The second-order valence-corrected chi connectivity index (χ2v) is 52.2. The van der Waals surface area contributed by atoms with Crippen molar-refractivity contribution >= 4 is 0 Å². The smallest absolute Gasteiger partial charge is 0.0179 e. The molecular formula is C119H194. The minimum atomic E-state index is 0.740. The van der Waals surface area contributed by atoms with Crippen molar-refractivity contribution in [3.8, 4) is 0 Å². The first-order chi connectivity index (χ1) is 58.8. The molecule has 0 aliphatic heterocycles. The van der Waals surface area contributed by atoms with E-state index in [4.69, 9.17) is 0 Å². The highest BCUT2D eigenvalue weighted by Gasteiger charge is 2.66. The highest BCUT2D eigenvalue weighted by Crippen LogP contribution is 2.73. The molecular weight excluding hydrogens is 1430 g/mol. The van der Waals surface area contributed by atoms with Crippen LogP contribution in [0, 0.1) is 218 Å². The Morgan fingerprint density at radius 2 is 0.303 bits per heavy atom. The average molecular weight is 1620 g/mol. The molecule has 21 rings (SSSR count). The highest BCUT2D eigenvalue weighted by atomic mass is 14.7. The Balaban J connectivity index is 0.347. The SMILES string of the molecule is C(=C1CCCCC1)C1CCC(C2CCC(C3CCC(C4CCC5CC(C6CCC(C7CCC(C8CCC(C9(C%10CCC(C%11CCC(C%12CCC(C%13CCC%14CC(C%15CCC(C%16CCC(C%17CCC(C=C%18CCCCC%18)CC%17)CC%16)CC%15)CCC%14C%13)CC%12)CC%11)CC%10)C%10CCCCC%10C%10CCCCC%109)CC8)CC7)CC6)CCC5C4)CC3)CC2)CC1. The summed E-state index contributed by atoms with van der Waals surface area (Å²) < 4.78 is 0. The number of hydrogen-bond acceptors (Lipinski definition) is 0. The first-order valence-corrected chi connectivity index (χ1v) is 58.2. The average Bonchev–Trinajstić information content (AvgIpc) is 1.55. The van der Waals surface area contributed by atoms with Gasteiger partial charge in [-0.25, -0.2) is 0 Å². The third kappa shape index (κ3) is 19.2. The molecule has 0 N–H and O–H groups in total. The van der Waals surface area contributed by atoms with Gasteiger partial charge in [-0.05, 0) is 681 Å². The molecule has 0 nitrogen and oxygen atoms in total. The van der Waals surface area contributed by atoms with Gasteiger partial charge in [-0.1, -0.05) is 61.8 Å². The molecule has 0 radical (unpaired) electrons. The van der Waals surface area contributed by atoms with E-state index in [1.54, 1.807) is 411 Å². The lowest BCUT2D eigenvalue weighted by Gasteiger charge is -2.57.